The summed E-state index contributed by atoms with van der Waals surface area (Å²) in [5, 5.41) is 0.386. The average Bonchev–Trinajstić information content (AvgIpc) is 2.40. The molecule has 6 heteroatoms. The van der Waals surface area contributed by atoms with Crippen LogP contribution in [0, 0.1) is 0 Å². The van der Waals surface area contributed by atoms with E-state index in [-0.39, 0.29) is 18.4 Å². The van der Waals surface area contributed by atoms with E-state index in [2.05, 4.69) is 15.9 Å². The van der Waals surface area contributed by atoms with Crippen molar-refractivity contribution >= 4 is 39.3 Å². The molecular formula is C14H18BrClN2O2. The molecule has 4 nitrogen and oxygen atoms in total. The minimum atomic E-state index is -0.228. The second-order valence-electron chi connectivity index (χ2n) is 4.64. The molecule has 2 amide bonds. The summed E-state index contributed by atoms with van der Waals surface area (Å²) >= 11 is 9.39. The molecule has 0 fully saturated rings. The van der Waals surface area contributed by atoms with Crippen molar-refractivity contribution in [3.05, 3.63) is 33.3 Å². The van der Waals surface area contributed by atoms with Crippen LogP contribution < -0.4 is 0 Å². The molecule has 0 aliphatic rings. The van der Waals surface area contributed by atoms with E-state index in [4.69, 9.17) is 11.6 Å². The lowest BCUT2D eigenvalue weighted by atomic mass is 10.2. The maximum Gasteiger partial charge on any atom is 0.255 e. The maximum atomic E-state index is 12.5. The molecule has 1 aromatic carbocycles. The van der Waals surface area contributed by atoms with Crippen molar-refractivity contribution in [1.29, 1.82) is 0 Å². The minimum Gasteiger partial charge on any atom is -0.347 e. The number of hydrogen-bond acceptors (Lipinski definition) is 2. The van der Waals surface area contributed by atoms with Gasteiger partial charge in [-0.15, -0.1) is 0 Å². The summed E-state index contributed by atoms with van der Waals surface area (Å²) in [4.78, 5) is 27.3. The fourth-order valence-corrected chi connectivity index (χ4v) is 2.22. The Morgan fingerprint density at radius 3 is 2.50 bits per heavy atom. The molecule has 110 valence electrons. The summed E-state index contributed by atoms with van der Waals surface area (Å²) in [5.74, 6) is -0.341. The van der Waals surface area contributed by atoms with Gasteiger partial charge in [-0.05, 0) is 24.6 Å². The van der Waals surface area contributed by atoms with Gasteiger partial charge in [0.15, 0.2) is 0 Å². The zero-order valence-electron chi connectivity index (χ0n) is 11.8. The monoisotopic (exact) mass is 360 g/mol. The molecule has 1 rings (SSSR count). The van der Waals surface area contributed by atoms with Gasteiger partial charge < -0.3 is 9.80 Å². The topological polar surface area (TPSA) is 40.6 Å². The van der Waals surface area contributed by atoms with Crippen LogP contribution in [0.15, 0.2) is 22.7 Å². The maximum absolute atomic E-state index is 12.5. The fraction of sp³-hybridized carbons (Fsp3) is 0.429. The molecule has 20 heavy (non-hydrogen) atoms. The van der Waals surface area contributed by atoms with Crippen molar-refractivity contribution in [2.45, 2.75) is 13.3 Å². The molecule has 0 bridgehead atoms. The number of carbonyl (C=O) groups is 2. The number of benzene rings is 1. The fourth-order valence-electron chi connectivity index (χ4n) is 1.66. The highest BCUT2D eigenvalue weighted by Crippen LogP contribution is 2.22. The quantitative estimate of drug-likeness (QED) is 0.809. The highest BCUT2D eigenvalue weighted by Gasteiger charge is 2.21. The van der Waals surface area contributed by atoms with Gasteiger partial charge in [-0.1, -0.05) is 34.5 Å². The number of nitrogens with zero attached hydrogens (tertiary/aromatic N) is 2. The van der Waals surface area contributed by atoms with Crippen LogP contribution in [0.5, 0.6) is 0 Å². The highest BCUT2D eigenvalue weighted by molar-refractivity contribution is 9.10. The summed E-state index contributed by atoms with van der Waals surface area (Å²) < 4.78 is 0.778. The molecule has 0 unspecified atom stereocenters. The molecule has 0 saturated heterocycles. The number of rotatable bonds is 5. The SMILES string of the molecule is CCCN(CC(=O)N(C)C)C(=O)c1cc(Br)ccc1Cl. The Hall–Kier alpha value is -1.07. The van der Waals surface area contributed by atoms with Crippen molar-refractivity contribution in [3.8, 4) is 0 Å². The van der Waals surface area contributed by atoms with E-state index in [0.29, 0.717) is 17.1 Å². The van der Waals surface area contributed by atoms with Crippen LogP contribution in [0.4, 0.5) is 0 Å². The van der Waals surface area contributed by atoms with E-state index in [1.165, 1.54) is 9.80 Å². The lowest BCUT2D eigenvalue weighted by Gasteiger charge is -2.23. The largest absolute Gasteiger partial charge is 0.347 e. The van der Waals surface area contributed by atoms with Crippen molar-refractivity contribution in [1.82, 2.24) is 9.80 Å². The Bertz CT molecular complexity index is 506. The van der Waals surface area contributed by atoms with Crippen LogP contribution >= 0.6 is 27.5 Å². The van der Waals surface area contributed by atoms with Gasteiger partial charge in [0.2, 0.25) is 5.91 Å². The molecule has 0 aromatic heterocycles. The molecule has 1 aromatic rings. The Morgan fingerprint density at radius 2 is 1.95 bits per heavy atom. The third-order valence-electron chi connectivity index (χ3n) is 2.76. The lowest BCUT2D eigenvalue weighted by Crippen LogP contribution is -2.40. The van der Waals surface area contributed by atoms with Crippen LogP contribution in [-0.2, 0) is 4.79 Å². The zero-order chi connectivity index (χ0) is 15.3. The van der Waals surface area contributed by atoms with E-state index in [1.54, 1.807) is 32.3 Å². The van der Waals surface area contributed by atoms with Gasteiger partial charge >= 0.3 is 0 Å². The van der Waals surface area contributed by atoms with E-state index < -0.39 is 0 Å². The lowest BCUT2D eigenvalue weighted by molar-refractivity contribution is -0.129. The number of hydrogen-bond donors (Lipinski definition) is 0. The van der Waals surface area contributed by atoms with Crippen molar-refractivity contribution in [2.75, 3.05) is 27.2 Å². The Kier molecular flexibility index (Phi) is 6.49. The molecule has 0 atom stereocenters. The minimum absolute atomic E-state index is 0.0581. The normalized spacial score (nSPS) is 10.2. The van der Waals surface area contributed by atoms with Gasteiger partial charge in [0.25, 0.3) is 5.91 Å². The second-order valence-corrected chi connectivity index (χ2v) is 5.96. The Balaban J connectivity index is 2.99. The van der Waals surface area contributed by atoms with Crippen LogP contribution in [0.1, 0.15) is 23.7 Å². The molecule has 0 aliphatic carbocycles. The summed E-state index contributed by atoms with van der Waals surface area (Å²) in [7, 11) is 3.34. The first-order valence-electron chi connectivity index (χ1n) is 6.31. The van der Waals surface area contributed by atoms with E-state index in [0.717, 1.165) is 10.9 Å². The van der Waals surface area contributed by atoms with Crippen LogP contribution in [0.3, 0.4) is 0 Å². The summed E-state index contributed by atoms with van der Waals surface area (Å²) in [6, 6.07) is 5.11. The molecule has 0 N–H and O–H groups in total. The second kappa shape index (κ2) is 7.64. The molecule has 0 radical (unpaired) electrons. The van der Waals surface area contributed by atoms with E-state index in [1.807, 2.05) is 6.92 Å². The highest BCUT2D eigenvalue weighted by atomic mass is 79.9. The van der Waals surface area contributed by atoms with Gasteiger partial charge in [-0.2, -0.15) is 0 Å². The van der Waals surface area contributed by atoms with Gasteiger partial charge in [0.05, 0.1) is 10.6 Å². The first-order valence-corrected chi connectivity index (χ1v) is 7.48. The van der Waals surface area contributed by atoms with Gasteiger partial charge in [-0.3, -0.25) is 9.59 Å². The standard InChI is InChI=1S/C14H18BrClN2O2/c1-4-7-18(9-13(19)17(2)3)14(20)11-8-10(15)5-6-12(11)16/h5-6,8H,4,7,9H2,1-3H3. The predicted molar refractivity (Wildman–Crippen MR) is 84.0 cm³/mol. The predicted octanol–water partition coefficient (Wildman–Crippen LogP) is 3.04. The average molecular weight is 362 g/mol. The smallest absolute Gasteiger partial charge is 0.255 e. The zero-order valence-corrected chi connectivity index (χ0v) is 14.2. The Morgan fingerprint density at radius 1 is 1.30 bits per heavy atom. The van der Waals surface area contributed by atoms with Gasteiger partial charge in [-0.25, -0.2) is 0 Å². The Labute approximate surface area is 132 Å². The number of carbonyl (C=O) groups excluding carboxylic acids is 2. The summed E-state index contributed by atoms with van der Waals surface area (Å²) in [5.41, 5.74) is 0.404. The van der Waals surface area contributed by atoms with Crippen LogP contribution in [0.25, 0.3) is 0 Å². The van der Waals surface area contributed by atoms with Gasteiger partial charge in [0.1, 0.15) is 6.54 Å². The van der Waals surface area contributed by atoms with E-state index in [9.17, 15) is 9.59 Å². The molecule has 0 heterocycles. The van der Waals surface area contributed by atoms with Crippen molar-refractivity contribution in [2.24, 2.45) is 0 Å². The van der Waals surface area contributed by atoms with Crippen molar-refractivity contribution in [3.63, 3.8) is 0 Å². The first-order chi connectivity index (χ1) is 9.36. The molecule has 0 spiro atoms. The number of amides is 2. The van der Waals surface area contributed by atoms with Crippen LogP contribution in [0.2, 0.25) is 5.02 Å². The van der Waals surface area contributed by atoms with Crippen molar-refractivity contribution < 1.29 is 9.59 Å². The summed E-state index contributed by atoms with van der Waals surface area (Å²) in [6.07, 6.45) is 0.776. The van der Waals surface area contributed by atoms with Gasteiger partial charge in [0, 0.05) is 25.1 Å². The van der Waals surface area contributed by atoms with E-state index >= 15 is 0 Å². The summed E-state index contributed by atoms with van der Waals surface area (Å²) in [6.45, 7) is 2.53. The molecule has 0 aliphatic heterocycles. The molecular weight excluding hydrogens is 344 g/mol. The number of likely N-dealkylation sites (N-methyl/N-ethyl adjacent to an activating group) is 1. The number of halogens is 2. The van der Waals surface area contributed by atoms with Crippen LogP contribution in [-0.4, -0.2) is 48.8 Å². The third-order valence-corrected chi connectivity index (χ3v) is 3.59. The molecule has 0 saturated carbocycles. The third kappa shape index (κ3) is 4.49. The first kappa shape index (κ1) is 17.0.